The number of esters is 2. The third-order valence-electron chi connectivity index (χ3n) is 6.63. The Bertz CT molecular complexity index is 421. The first-order valence-corrected chi connectivity index (χ1v) is 15.0. The van der Waals surface area contributed by atoms with Crippen LogP contribution in [-0.4, -0.2) is 24.1 Å². The summed E-state index contributed by atoms with van der Waals surface area (Å²) >= 11 is 0. The molecule has 0 rings (SSSR count). The highest BCUT2D eigenvalue weighted by atomic mass is 16.5. The van der Waals surface area contributed by atoms with E-state index in [9.17, 15) is 9.59 Å². The molecule has 4 nitrogen and oxygen atoms in total. The molecule has 4 heteroatoms. The average molecular weight is 483 g/mol. The number of hydrogen-bond acceptors (Lipinski definition) is 4. The van der Waals surface area contributed by atoms with Crippen molar-refractivity contribution in [3.8, 4) is 0 Å². The van der Waals surface area contributed by atoms with Gasteiger partial charge in [-0.3, -0.25) is 9.59 Å². The number of ether oxygens (including phenoxy) is 2. The van der Waals surface area contributed by atoms with E-state index >= 15 is 0 Å². The molecule has 0 aromatic rings. The van der Waals surface area contributed by atoms with Crippen LogP contribution in [0.25, 0.3) is 0 Å². The predicted octanol–water partition coefficient (Wildman–Crippen LogP) is 9.47. The Morgan fingerprint density at radius 1 is 0.441 bits per heavy atom. The second kappa shape index (κ2) is 25.0. The highest BCUT2D eigenvalue weighted by molar-refractivity contribution is 5.70. The zero-order valence-electron chi connectivity index (χ0n) is 23.3. The SMILES string of the molecule is CCCCCCCC(CCCC)OC(=O)CCCCC(=O)OC(CCCC)CCCCCCC. The standard InChI is InChI=1S/C30H58O4/c1-5-9-13-15-17-23-27(21-11-7-3)33-29(31)25-19-20-26-30(32)34-28(22-12-8-4)24-18-16-14-10-6-2/h27-28H,5-26H2,1-4H3. The Morgan fingerprint density at radius 2 is 0.765 bits per heavy atom. The van der Waals surface area contributed by atoms with Gasteiger partial charge in [-0.2, -0.15) is 0 Å². The molecule has 34 heavy (non-hydrogen) atoms. The van der Waals surface area contributed by atoms with Gasteiger partial charge in [0.2, 0.25) is 0 Å². The van der Waals surface area contributed by atoms with Crippen LogP contribution in [0.4, 0.5) is 0 Å². The lowest BCUT2D eigenvalue weighted by Gasteiger charge is -2.18. The topological polar surface area (TPSA) is 52.6 Å². The van der Waals surface area contributed by atoms with Crippen molar-refractivity contribution in [2.45, 2.75) is 181 Å². The van der Waals surface area contributed by atoms with Crippen LogP contribution in [0.1, 0.15) is 169 Å². The summed E-state index contributed by atoms with van der Waals surface area (Å²) in [6.07, 6.45) is 23.1. The van der Waals surface area contributed by atoms with E-state index in [0.717, 1.165) is 64.2 Å². The minimum absolute atomic E-state index is 0.0655. The molecule has 0 saturated heterocycles. The van der Waals surface area contributed by atoms with E-state index in [1.54, 1.807) is 0 Å². The molecular weight excluding hydrogens is 424 g/mol. The van der Waals surface area contributed by atoms with Gasteiger partial charge in [0.25, 0.3) is 0 Å². The molecule has 0 N–H and O–H groups in total. The molecule has 0 heterocycles. The molecule has 2 unspecified atom stereocenters. The summed E-state index contributed by atoms with van der Waals surface area (Å²) < 4.78 is 11.6. The van der Waals surface area contributed by atoms with Gasteiger partial charge in [0.05, 0.1) is 0 Å². The van der Waals surface area contributed by atoms with E-state index in [4.69, 9.17) is 9.47 Å². The van der Waals surface area contributed by atoms with Crippen LogP contribution in [0.15, 0.2) is 0 Å². The minimum Gasteiger partial charge on any atom is -0.462 e. The highest BCUT2D eigenvalue weighted by Crippen LogP contribution is 2.18. The summed E-state index contributed by atoms with van der Waals surface area (Å²) in [4.78, 5) is 24.7. The van der Waals surface area contributed by atoms with E-state index in [1.807, 2.05) is 0 Å². The second-order valence-corrected chi connectivity index (χ2v) is 10.1. The number of carbonyl (C=O) groups is 2. The Hall–Kier alpha value is -1.06. The summed E-state index contributed by atoms with van der Waals surface area (Å²) in [5, 5.41) is 0. The quantitative estimate of drug-likeness (QED) is 0.0960. The minimum atomic E-state index is -0.101. The van der Waals surface area contributed by atoms with E-state index < -0.39 is 0 Å². The fourth-order valence-corrected chi connectivity index (χ4v) is 4.37. The Kier molecular flexibility index (Phi) is 24.3. The third-order valence-corrected chi connectivity index (χ3v) is 6.63. The van der Waals surface area contributed by atoms with Gasteiger partial charge in [-0.1, -0.05) is 105 Å². The first kappa shape index (κ1) is 32.9. The Balaban J connectivity index is 4.15. The Morgan fingerprint density at radius 3 is 1.12 bits per heavy atom. The van der Waals surface area contributed by atoms with Gasteiger partial charge >= 0.3 is 11.9 Å². The van der Waals surface area contributed by atoms with E-state index in [0.29, 0.717) is 25.7 Å². The lowest BCUT2D eigenvalue weighted by atomic mass is 10.0. The van der Waals surface area contributed by atoms with Crippen molar-refractivity contribution in [1.29, 1.82) is 0 Å². The fourth-order valence-electron chi connectivity index (χ4n) is 4.37. The average Bonchev–Trinajstić information content (AvgIpc) is 2.83. The van der Waals surface area contributed by atoms with Gasteiger partial charge in [0.1, 0.15) is 12.2 Å². The van der Waals surface area contributed by atoms with Crippen LogP contribution in [0, 0.1) is 0 Å². The summed E-state index contributed by atoms with van der Waals surface area (Å²) in [6, 6.07) is 0. The molecule has 0 aliphatic heterocycles. The monoisotopic (exact) mass is 482 g/mol. The molecule has 0 aromatic carbocycles. The molecule has 0 fully saturated rings. The molecule has 0 radical (unpaired) electrons. The van der Waals surface area contributed by atoms with Crippen LogP contribution in [0.2, 0.25) is 0 Å². The van der Waals surface area contributed by atoms with Crippen molar-refractivity contribution >= 4 is 11.9 Å². The molecule has 0 aliphatic carbocycles. The summed E-state index contributed by atoms with van der Waals surface area (Å²) in [5.41, 5.74) is 0. The van der Waals surface area contributed by atoms with Gasteiger partial charge in [-0.15, -0.1) is 0 Å². The molecule has 0 bridgehead atoms. The molecule has 0 spiro atoms. The van der Waals surface area contributed by atoms with Crippen LogP contribution in [0.5, 0.6) is 0 Å². The number of unbranched alkanes of at least 4 members (excludes halogenated alkanes) is 11. The number of rotatable bonds is 25. The Labute approximate surface area is 212 Å². The summed E-state index contributed by atoms with van der Waals surface area (Å²) in [7, 11) is 0. The van der Waals surface area contributed by atoms with Gasteiger partial charge in [-0.25, -0.2) is 0 Å². The van der Waals surface area contributed by atoms with Crippen LogP contribution in [0.3, 0.4) is 0 Å². The van der Waals surface area contributed by atoms with Gasteiger partial charge in [-0.05, 0) is 51.4 Å². The zero-order chi connectivity index (χ0) is 25.3. The van der Waals surface area contributed by atoms with Crippen LogP contribution < -0.4 is 0 Å². The highest BCUT2D eigenvalue weighted by Gasteiger charge is 2.16. The molecule has 0 saturated carbocycles. The lowest BCUT2D eigenvalue weighted by molar-refractivity contribution is -0.152. The molecule has 2 atom stereocenters. The van der Waals surface area contributed by atoms with Gasteiger partial charge < -0.3 is 9.47 Å². The largest absolute Gasteiger partial charge is 0.462 e. The first-order valence-electron chi connectivity index (χ1n) is 15.0. The molecular formula is C30H58O4. The van der Waals surface area contributed by atoms with Crippen LogP contribution >= 0.6 is 0 Å². The molecule has 202 valence electrons. The van der Waals surface area contributed by atoms with Crippen molar-refractivity contribution in [3.63, 3.8) is 0 Å². The maximum Gasteiger partial charge on any atom is 0.306 e. The van der Waals surface area contributed by atoms with E-state index in [-0.39, 0.29) is 24.1 Å². The second-order valence-electron chi connectivity index (χ2n) is 10.1. The van der Waals surface area contributed by atoms with Crippen molar-refractivity contribution in [3.05, 3.63) is 0 Å². The third kappa shape index (κ3) is 21.5. The van der Waals surface area contributed by atoms with E-state index in [2.05, 4.69) is 27.7 Å². The zero-order valence-corrected chi connectivity index (χ0v) is 23.3. The number of hydrogen-bond donors (Lipinski definition) is 0. The first-order chi connectivity index (χ1) is 16.6. The maximum absolute atomic E-state index is 12.3. The van der Waals surface area contributed by atoms with Crippen molar-refractivity contribution < 1.29 is 19.1 Å². The molecule has 0 aromatic heterocycles. The van der Waals surface area contributed by atoms with Gasteiger partial charge in [0.15, 0.2) is 0 Å². The summed E-state index contributed by atoms with van der Waals surface area (Å²) in [6.45, 7) is 8.81. The summed E-state index contributed by atoms with van der Waals surface area (Å²) in [5.74, 6) is -0.202. The van der Waals surface area contributed by atoms with Crippen molar-refractivity contribution in [2.24, 2.45) is 0 Å². The van der Waals surface area contributed by atoms with Crippen LogP contribution in [-0.2, 0) is 19.1 Å². The van der Waals surface area contributed by atoms with Crippen molar-refractivity contribution in [1.82, 2.24) is 0 Å². The normalized spacial score (nSPS) is 12.9. The maximum atomic E-state index is 12.3. The number of carbonyl (C=O) groups excluding carboxylic acids is 2. The smallest absolute Gasteiger partial charge is 0.306 e. The lowest BCUT2D eigenvalue weighted by Crippen LogP contribution is -2.19. The van der Waals surface area contributed by atoms with Crippen molar-refractivity contribution in [2.75, 3.05) is 0 Å². The van der Waals surface area contributed by atoms with Gasteiger partial charge in [0, 0.05) is 12.8 Å². The molecule has 0 aliphatic rings. The predicted molar refractivity (Wildman–Crippen MR) is 144 cm³/mol. The molecule has 0 amide bonds. The fraction of sp³-hybridized carbons (Fsp3) is 0.933. The van der Waals surface area contributed by atoms with E-state index in [1.165, 1.54) is 51.4 Å².